The predicted molar refractivity (Wildman–Crippen MR) is 67.1 cm³/mol. The van der Waals surface area contributed by atoms with Gasteiger partial charge in [-0.1, -0.05) is 0 Å². The predicted octanol–water partition coefficient (Wildman–Crippen LogP) is 2.01. The summed E-state index contributed by atoms with van der Waals surface area (Å²) in [7, 11) is 1.25. The zero-order chi connectivity index (χ0) is 13.7. The Kier molecular flexibility index (Phi) is 4.02. The van der Waals surface area contributed by atoms with Gasteiger partial charge >= 0.3 is 5.97 Å². The number of halogens is 1. The number of esters is 1. The number of anilines is 1. The van der Waals surface area contributed by atoms with Crippen molar-refractivity contribution in [1.29, 1.82) is 0 Å². The Morgan fingerprint density at radius 1 is 1.42 bits per heavy atom. The number of ether oxygens (including phenoxy) is 1. The average molecular weight is 261 g/mol. The van der Waals surface area contributed by atoms with Crippen molar-refractivity contribution in [2.24, 2.45) is 0 Å². The largest absolute Gasteiger partial charge is 0.465 e. The fraction of sp³-hybridized carbons (Fsp3) is 0.154. The molecule has 5 nitrogen and oxygen atoms in total. The van der Waals surface area contributed by atoms with E-state index in [0.717, 1.165) is 11.8 Å². The van der Waals surface area contributed by atoms with Crippen molar-refractivity contribution < 1.29 is 13.9 Å². The van der Waals surface area contributed by atoms with Crippen LogP contribution in [0.2, 0.25) is 0 Å². The molecule has 2 aromatic rings. The van der Waals surface area contributed by atoms with E-state index in [1.807, 2.05) is 0 Å². The first-order valence-corrected chi connectivity index (χ1v) is 5.57. The normalized spacial score (nSPS) is 10.0. The third-order valence-corrected chi connectivity index (χ3v) is 2.49. The minimum atomic E-state index is -0.593. The molecule has 1 aromatic carbocycles. The number of nitrogens with one attached hydrogen (secondary N) is 1. The molecule has 98 valence electrons. The van der Waals surface area contributed by atoms with Crippen molar-refractivity contribution in [3.8, 4) is 0 Å². The Bertz CT molecular complexity index is 575. The van der Waals surface area contributed by atoms with Crippen molar-refractivity contribution in [2.45, 2.75) is 6.54 Å². The van der Waals surface area contributed by atoms with E-state index in [-0.39, 0.29) is 5.56 Å². The number of hydrogen-bond acceptors (Lipinski definition) is 5. The van der Waals surface area contributed by atoms with Gasteiger partial charge in [-0.15, -0.1) is 0 Å². The van der Waals surface area contributed by atoms with Gasteiger partial charge in [-0.05, 0) is 24.3 Å². The Labute approximate surface area is 109 Å². The Balaban J connectivity index is 2.18. The molecule has 0 fully saturated rings. The van der Waals surface area contributed by atoms with E-state index in [0.29, 0.717) is 12.2 Å². The molecule has 1 aromatic heterocycles. The van der Waals surface area contributed by atoms with Gasteiger partial charge < -0.3 is 10.1 Å². The molecule has 1 N–H and O–H groups in total. The van der Waals surface area contributed by atoms with Gasteiger partial charge in [-0.25, -0.2) is 19.2 Å². The van der Waals surface area contributed by atoms with E-state index in [9.17, 15) is 9.18 Å². The van der Waals surface area contributed by atoms with E-state index in [1.165, 1.54) is 25.6 Å². The first kappa shape index (κ1) is 12.9. The molecule has 1 heterocycles. The Morgan fingerprint density at radius 2 is 2.26 bits per heavy atom. The van der Waals surface area contributed by atoms with Gasteiger partial charge in [0.25, 0.3) is 0 Å². The van der Waals surface area contributed by atoms with Crippen LogP contribution < -0.4 is 5.32 Å². The summed E-state index contributed by atoms with van der Waals surface area (Å²) in [6, 6.07) is 5.64. The lowest BCUT2D eigenvalue weighted by Gasteiger charge is -2.10. The van der Waals surface area contributed by atoms with Crippen LogP contribution in [-0.4, -0.2) is 23.0 Å². The molecule has 19 heavy (non-hydrogen) atoms. The van der Waals surface area contributed by atoms with Crippen LogP contribution >= 0.6 is 0 Å². The molecular formula is C13H12FN3O2. The van der Waals surface area contributed by atoms with Gasteiger partial charge in [0.15, 0.2) is 0 Å². The fourth-order valence-corrected chi connectivity index (χ4v) is 1.56. The minimum Gasteiger partial charge on any atom is -0.465 e. The highest BCUT2D eigenvalue weighted by Crippen LogP contribution is 2.18. The smallest absolute Gasteiger partial charge is 0.340 e. The van der Waals surface area contributed by atoms with Gasteiger partial charge in [0, 0.05) is 11.9 Å². The van der Waals surface area contributed by atoms with E-state index in [4.69, 9.17) is 0 Å². The maximum atomic E-state index is 13.2. The summed E-state index contributed by atoms with van der Waals surface area (Å²) in [5.41, 5.74) is 1.40. The van der Waals surface area contributed by atoms with Crippen molar-refractivity contribution in [3.63, 3.8) is 0 Å². The summed E-state index contributed by atoms with van der Waals surface area (Å²) in [4.78, 5) is 19.4. The molecule has 0 unspecified atom stereocenters. The maximum absolute atomic E-state index is 13.2. The molecular weight excluding hydrogens is 249 g/mol. The number of benzene rings is 1. The molecule has 0 bridgehead atoms. The number of methoxy groups -OCH3 is 1. The number of carbonyl (C=O) groups is 1. The van der Waals surface area contributed by atoms with E-state index in [1.54, 1.807) is 12.3 Å². The van der Waals surface area contributed by atoms with E-state index < -0.39 is 11.8 Å². The van der Waals surface area contributed by atoms with Gasteiger partial charge in [0.1, 0.15) is 12.1 Å². The molecule has 0 spiro atoms. The summed E-state index contributed by atoms with van der Waals surface area (Å²) in [6.45, 7) is 0.401. The van der Waals surface area contributed by atoms with Crippen molar-refractivity contribution in [3.05, 3.63) is 53.9 Å². The van der Waals surface area contributed by atoms with Crippen LogP contribution in [-0.2, 0) is 11.3 Å². The molecule has 0 amide bonds. The molecule has 0 saturated carbocycles. The first-order chi connectivity index (χ1) is 9.20. The minimum absolute atomic E-state index is 0.150. The summed E-state index contributed by atoms with van der Waals surface area (Å²) >= 11 is 0. The lowest BCUT2D eigenvalue weighted by molar-refractivity contribution is 0.0601. The molecule has 0 atom stereocenters. The average Bonchev–Trinajstić information content (AvgIpc) is 2.46. The zero-order valence-electron chi connectivity index (χ0n) is 10.3. The van der Waals surface area contributed by atoms with Crippen LogP contribution in [0.4, 0.5) is 10.1 Å². The van der Waals surface area contributed by atoms with Crippen molar-refractivity contribution in [2.75, 3.05) is 12.4 Å². The number of carbonyl (C=O) groups excluding carboxylic acids is 1. The highest BCUT2D eigenvalue weighted by atomic mass is 19.1. The summed E-state index contributed by atoms with van der Waals surface area (Å²) < 4.78 is 17.8. The Hall–Kier alpha value is -2.50. The van der Waals surface area contributed by atoms with Gasteiger partial charge in [0.2, 0.25) is 0 Å². The SMILES string of the molecule is COC(=O)c1cc(F)ccc1NCc1ccncn1. The summed E-state index contributed by atoms with van der Waals surface area (Å²) in [5.74, 6) is -1.09. The van der Waals surface area contributed by atoms with Crippen LogP contribution in [0, 0.1) is 5.82 Å². The summed E-state index contributed by atoms with van der Waals surface area (Å²) in [6.07, 6.45) is 3.05. The molecule has 0 saturated heterocycles. The molecule has 0 aliphatic heterocycles. The quantitative estimate of drug-likeness (QED) is 0.853. The number of hydrogen-bond donors (Lipinski definition) is 1. The number of nitrogens with zero attached hydrogens (tertiary/aromatic N) is 2. The maximum Gasteiger partial charge on any atom is 0.340 e. The first-order valence-electron chi connectivity index (χ1n) is 5.57. The second-order valence-corrected chi connectivity index (χ2v) is 3.74. The molecule has 0 aliphatic rings. The second-order valence-electron chi connectivity index (χ2n) is 3.74. The highest BCUT2D eigenvalue weighted by Gasteiger charge is 2.12. The van der Waals surface area contributed by atoms with Crippen molar-refractivity contribution >= 4 is 11.7 Å². The molecule has 0 radical (unpaired) electrons. The zero-order valence-corrected chi connectivity index (χ0v) is 10.3. The standard InChI is InChI=1S/C13H12FN3O2/c1-19-13(18)11-6-9(14)2-3-12(11)16-7-10-4-5-15-8-17-10/h2-6,8,16H,7H2,1H3. The van der Waals surface area contributed by atoms with Crippen molar-refractivity contribution in [1.82, 2.24) is 9.97 Å². The van der Waals surface area contributed by atoms with Crippen LogP contribution in [0.3, 0.4) is 0 Å². The van der Waals surface area contributed by atoms with Crippen LogP contribution in [0.25, 0.3) is 0 Å². The van der Waals surface area contributed by atoms with Gasteiger partial charge in [-0.2, -0.15) is 0 Å². The Morgan fingerprint density at radius 3 is 2.95 bits per heavy atom. The topological polar surface area (TPSA) is 64.1 Å². The fourth-order valence-electron chi connectivity index (χ4n) is 1.56. The highest BCUT2D eigenvalue weighted by molar-refractivity contribution is 5.95. The van der Waals surface area contributed by atoms with Gasteiger partial charge in [0.05, 0.1) is 24.9 Å². The summed E-state index contributed by atoms with van der Waals surface area (Å²) in [5, 5.41) is 3.01. The third-order valence-electron chi connectivity index (χ3n) is 2.49. The lowest BCUT2D eigenvalue weighted by Crippen LogP contribution is -2.09. The molecule has 0 aliphatic carbocycles. The monoisotopic (exact) mass is 261 g/mol. The third kappa shape index (κ3) is 3.25. The van der Waals surface area contributed by atoms with Crippen LogP contribution in [0.5, 0.6) is 0 Å². The van der Waals surface area contributed by atoms with Gasteiger partial charge in [-0.3, -0.25) is 0 Å². The van der Waals surface area contributed by atoms with E-state index >= 15 is 0 Å². The molecule has 2 rings (SSSR count). The second kappa shape index (κ2) is 5.90. The number of rotatable bonds is 4. The molecule has 6 heteroatoms. The van der Waals surface area contributed by atoms with E-state index in [2.05, 4.69) is 20.0 Å². The lowest BCUT2D eigenvalue weighted by atomic mass is 10.1. The number of aromatic nitrogens is 2. The van der Waals surface area contributed by atoms with Crippen LogP contribution in [0.15, 0.2) is 36.8 Å². The van der Waals surface area contributed by atoms with Crippen LogP contribution in [0.1, 0.15) is 16.1 Å².